The third-order valence-corrected chi connectivity index (χ3v) is 4.05. The molecule has 0 aliphatic heterocycles. The average molecular weight is 284 g/mol. The van der Waals surface area contributed by atoms with Crippen LogP contribution in [0.4, 0.5) is 0 Å². The highest BCUT2D eigenvalue weighted by Crippen LogP contribution is 2.25. The second-order valence-corrected chi connectivity index (χ2v) is 5.64. The zero-order valence-corrected chi connectivity index (χ0v) is 12.8. The Kier molecular flexibility index (Phi) is 5.79. The van der Waals surface area contributed by atoms with Gasteiger partial charge < -0.3 is 5.11 Å². The van der Waals surface area contributed by atoms with Crippen LogP contribution in [0.1, 0.15) is 61.4 Å². The molecule has 112 valence electrons. The minimum Gasteiger partial charge on any atom is -0.478 e. The van der Waals surface area contributed by atoms with Crippen LogP contribution in [-0.4, -0.2) is 11.1 Å². The minimum atomic E-state index is -0.818. The smallest absolute Gasteiger partial charge is 0.335 e. The van der Waals surface area contributed by atoms with E-state index in [2.05, 4.69) is 6.92 Å². The highest BCUT2D eigenvalue weighted by molar-refractivity contribution is 5.97. The van der Waals surface area contributed by atoms with Crippen molar-refractivity contribution in [3.63, 3.8) is 0 Å². The number of carboxylic acid groups (broad SMARTS) is 1. The first-order chi connectivity index (χ1) is 10.2. The highest BCUT2D eigenvalue weighted by atomic mass is 16.4. The van der Waals surface area contributed by atoms with Crippen molar-refractivity contribution in [2.75, 3.05) is 0 Å². The molecule has 2 heteroatoms. The molecule has 2 nitrogen and oxygen atoms in total. The molecule has 0 spiro atoms. The van der Waals surface area contributed by atoms with Gasteiger partial charge in [-0.25, -0.2) is 4.79 Å². The lowest BCUT2D eigenvalue weighted by Gasteiger charge is -2.10. The van der Waals surface area contributed by atoms with E-state index in [0.717, 1.165) is 29.2 Å². The summed E-state index contributed by atoms with van der Waals surface area (Å²) in [4.78, 5) is 11.4. The molecule has 0 heterocycles. The van der Waals surface area contributed by atoms with Crippen molar-refractivity contribution in [1.82, 2.24) is 0 Å². The Morgan fingerprint density at radius 2 is 1.67 bits per heavy atom. The molecule has 0 aliphatic rings. The molecule has 2 aromatic carbocycles. The van der Waals surface area contributed by atoms with Crippen LogP contribution >= 0.6 is 0 Å². The number of carbonyl (C=O) groups is 1. The third-order valence-electron chi connectivity index (χ3n) is 4.05. The summed E-state index contributed by atoms with van der Waals surface area (Å²) >= 11 is 0. The van der Waals surface area contributed by atoms with Crippen molar-refractivity contribution in [3.05, 3.63) is 47.5 Å². The fourth-order valence-electron chi connectivity index (χ4n) is 2.89. The third kappa shape index (κ3) is 4.07. The number of unbranched alkanes of at least 4 members (excludes halogenated alkanes) is 5. The Morgan fingerprint density at radius 3 is 2.43 bits per heavy atom. The molecule has 0 aromatic heterocycles. The SMILES string of the molecule is CCCCCCCCc1c(C(=O)O)ccc2ccccc12. The van der Waals surface area contributed by atoms with E-state index in [1.54, 1.807) is 6.07 Å². The van der Waals surface area contributed by atoms with Crippen LogP contribution in [0.25, 0.3) is 10.8 Å². The van der Waals surface area contributed by atoms with Gasteiger partial charge in [0.1, 0.15) is 0 Å². The number of fused-ring (bicyclic) bond motifs is 1. The fraction of sp³-hybridized carbons (Fsp3) is 0.421. The van der Waals surface area contributed by atoms with Gasteiger partial charge >= 0.3 is 5.97 Å². The quantitative estimate of drug-likeness (QED) is 0.655. The lowest BCUT2D eigenvalue weighted by molar-refractivity contribution is 0.0696. The first-order valence-electron chi connectivity index (χ1n) is 7.98. The number of hydrogen-bond donors (Lipinski definition) is 1. The van der Waals surface area contributed by atoms with E-state index in [1.807, 2.05) is 30.3 Å². The maximum absolute atomic E-state index is 11.4. The molecule has 0 amide bonds. The van der Waals surface area contributed by atoms with Gasteiger partial charge in [-0.2, -0.15) is 0 Å². The van der Waals surface area contributed by atoms with Crippen molar-refractivity contribution in [2.45, 2.75) is 51.9 Å². The molecule has 0 bridgehead atoms. The Labute approximate surface area is 126 Å². The Balaban J connectivity index is 2.12. The molecule has 0 radical (unpaired) electrons. The second-order valence-electron chi connectivity index (χ2n) is 5.64. The molecule has 0 fully saturated rings. The first kappa shape index (κ1) is 15.6. The van der Waals surface area contributed by atoms with Gasteiger partial charge in [0.05, 0.1) is 5.56 Å². The van der Waals surface area contributed by atoms with Crippen LogP contribution in [0.3, 0.4) is 0 Å². The normalized spacial score (nSPS) is 10.9. The van der Waals surface area contributed by atoms with Crippen LogP contribution in [0, 0.1) is 0 Å². The summed E-state index contributed by atoms with van der Waals surface area (Å²) in [7, 11) is 0. The van der Waals surface area contributed by atoms with Crippen LogP contribution in [0.15, 0.2) is 36.4 Å². The molecule has 2 rings (SSSR count). The second kappa shape index (κ2) is 7.82. The van der Waals surface area contributed by atoms with Crippen LogP contribution in [0.2, 0.25) is 0 Å². The maximum Gasteiger partial charge on any atom is 0.335 e. The van der Waals surface area contributed by atoms with Gasteiger partial charge in [-0.05, 0) is 35.2 Å². The summed E-state index contributed by atoms with van der Waals surface area (Å²) in [5.74, 6) is -0.818. The van der Waals surface area contributed by atoms with Crippen LogP contribution in [0.5, 0.6) is 0 Å². The van der Waals surface area contributed by atoms with Gasteiger partial charge in [-0.3, -0.25) is 0 Å². The summed E-state index contributed by atoms with van der Waals surface area (Å²) in [6.07, 6.45) is 8.20. The van der Waals surface area contributed by atoms with E-state index in [-0.39, 0.29) is 0 Å². The molecule has 1 N–H and O–H groups in total. The van der Waals surface area contributed by atoms with Crippen molar-refractivity contribution in [2.24, 2.45) is 0 Å². The topological polar surface area (TPSA) is 37.3 Å². The monoisotopic (exact) mass is 284 g/mol. The molecule has 0 atom stereocenters. The minimum absolute atomic E-state index is 0.460. The number of hydrogen-bond acceptors (Lipinski definition) is 1. The lowest BCUT2D eigenvalue weighted by atomic mass is 9.94. The first-order valence-corrected chi connectivity index (χ1v) is 7.98. The summed E-state index contributed by atoms with van der Waals surface area (Å²) in [5.41, 5.74) is 1.46. The standard InChI is InChI=1S/C19H24O2/c1-2-3-4-5-6-7-12-17-16-11-9-8-10-15(16)13-14-18(17)19(20)21/h8-11,13-14H,2-7,12H2,1H3,(H,20,21). The average Bonchev–Trinajstić information content (AvgIpc) is 2.50. The van der Waals surface area contributed by atoms with Crippen molar-refractivity contribution >= 4 is 16.7 Å². The van der Waals surface area contributed by atoms with Gasteiger partial charge in [0.25, 0.3) is 0 Å². The number of rotatable bonds is 8. The van der Waals surface area contributed by atoms with E-state index in [1.165, 1.54) is 32.1 Å². The molecule has 0 aliphatic carbocycles. The van der Waals surface area contributed by atoms with E-state index in [9.17, 15) is 9.90 Å². The highest BCUT2D eigenvalue weighted by Gasteiger charge is 2.12. The van der Waals surface area contributed by atoms with Crippen molar-refractivity contribution in [3.8, 4) is 0 Å². The summed E-state index contributed by atoms with van der Waals surface area (Å²) in [6.45, 7) is 2.22. The molecular formula is C19H24O2. The van der Waals surface area contributed by atoms with E-state index < -0.39 is 5.97 Å². The van der Waals surface area contributed by atoms with E-state index in [0.29, 0.717) is 5.56 Å². The summed E-state index contributed by atoms with van der Waals surface area (Å²) in [6, 6.07) is 11.7. The number of benzene rings is 2. The maximum atomic E-state index is 11.4. The predicted molar refractivity (Wildman–Crippen MR) is 88.0 cm³/mol. The lowest BCUT2D eigenvalue weighted by Crippen LogP contribution is -2.03. The zero-order chi connectivity index (χ0) is 15.1. The molecule has 0 unspecified atom stereocenters. The van der Waals surface area contributed by atoms with Crippen molar-refractivity contribution < 1.29 is 9.90 Å². The van der Waals surface area contributed by atoms with Crippen LogP contribution < -0.4 is 0 Å². The predicted octanol–water partition coefficient (Wildman–Crippen LogP) is 5.44. The van der Waals surface area contributed by atoms with Gasteiger partial charge in [-0.1, -0.05) is 69.4 Å². The zero-order valence-electron chi connectivity index (χ0n) is 12.8. The fourth-order valence-corrected chi connectivity index (χ4v) is 2.89. The Hall–Kier alpha value is -1.83. The number of aromatic carboxylic acids is 1. The molecule has 21 heavy (non-hydrogen) atoms. The number of aryl methyl sites for hydroxylation is 1. The summed E-state index contributed by atoms with van der Waals surface area (Å²) in [5, 5.41) is 11.6. The molecular weight excluding hydrogens is 260 g/mol. The van der Waals surface area contributed by atoms with Gasteiger partial charge in [0, 0.05) is 0 Å². The van der Waals surface area contributed by atoms with E-state index >= 15 is 0 Å². The van der Waals surface area contributed by atoms with Gasteiger partial charge in [-0.15, -0.1) is 0 Å². The van der Waals surface area contributed by atoms with Crippen LogP contribution in [-0.2, 0) is 6.42 Å². The van der Waals surface area contributed by atoms with E-state index in [4.69, 9.17) is 0 Å². The molecule has 2 aromatic rings. The number of carboxylic acids is 1. The van der Waals surface area contributed by atoms with Crippen molar-refractivity contribution in [1.29, 1.82) is 0 Å². The Morgan fingerprint density at radius 1 is 0.952 bits per heavy atom. The largest absolute Gasteiger partial charge is 0.478 e. The Bertz CT molecular complexity index is 602. The van der Waals surface area contributed by atoms with Gasteiger partial charge in [0.15, 0.2) is 0 Å². The van der Waals surface area contributed by atoms with Gasteiger partial charge in [0.2, 0.25) is 0 Å². The molecule has 0 saturated heterocycles. The summed E-state index contributed by atoms with van der Waals surface area (Å²) < 4.78 is 0. The molecule has 0 saturated carbocycles.